The summed E-state index contributed by atoms with van der Waals surface area (Å²) in [4.78, 5) is 0.263. The van der Waals surface area contributed by atoms with Gasteiger partial charge in [0.05, 0.1) is 10.6 Å². The van der Waals surface area contributed by atoms with E-state index in [0.29, 0.717) is 5.69 Å². The molecule has 4 nitrogen and oxygen atoms in total. The Kier molecular flexibility index (Phi) is 3.61. The van der Waals surface area contributed by atoms with Crippen LogP contribution in [0.1, 0.15) is 29.7 Å². The Bertz CT molecular complexity index is 1000. The third-order valence-corrected chi connectivity index (χ3v) is 5.98. The lowest BCUT2D eigenvalue weighted by Gasteiger charge is -2.12. The van der Waals surface area contributed by atoms with E-state index in [1.54, 1.807) is 30.3 Å². The highest BCUT2D eigenvalue weighted by atomic mass is 32.2. The van der Waals surface area contributed by atoms with Crippen LogP contribution < -0.4 is 4.72 Å². The zero-order valence-electron chi connectivity index (χ0n) is 13.5. The van der Waals surface area contributed by atoms with E-state index < -0.39 is 10.0 Å². The second-order valence-electron chi connectivity index (χ2n) is 6.29. The monoisotopic (exact) mass is 341 g/mol. The summed E-state index contributed by atoms with van der Waals surface area (Å²) in [5.41, 5.74) is 3.55. The first-order valence-corrected chi connectivity index (χ1v) is 9.66. The molecule has 0 fully saturated rings. The number of benzene rings is 2. The van der Waals surface area contributed by atoms with Gasteiger partial charge in [0.2, 0.25) is 0 Å². The van der Waals surface area contributed by atoms with Gasteiger partial charge < -0.3 is 4.42 Å². The van der Waals surface area contributed by atoms with E-state index >= 15 is 0 Å². The van der Waals surface area contributed by atoms with Crippen molar-refractivity contribution in [2.24, 2.45) is 0 Å². The molecule has 0 spiro atoms. The summed E-state index contributed by atoms with van der Waals surface area (Å²) in [5, 5.41) is 1.03. The number of hydrogen-bond acceptors (Lipinski definition) is 3. The van der Waals surface area contributed by atoms with E-state index in [1.807, 2.05) is 19.1 Å². The van der Waals surface area contributed by atoms with Gasteiger partial charge in [0, 0.05) is 17.4 Å². The fourth-order valence-electron chi connectivity index (χ4n) is 3.32. The molecule has 1 heterocycles. The molecule has 1 N–H and O–H groups in total. The van der Waals surface area contributed by atoms with Crippen molar-refractivity contribution in [3.8, 4) is 0 Å². The van der Waals surface area contributed by atoms with Gasteiger partial charge in [0.15, 0.2) is 0 Å². The van der Waals surface area contributed by atoms with Crippen LogP contribution in [0.15, 0.2) is 51.8 Å². The van der Waals surface area contributed by atoms with Gasteiger partial charge in [-0.3, -0.25) is 4.72 Å². The number of sulfonamides is 1. The summed E-state index contributed by atoms with van der Waals surface area (Å²) in [6.45, 7) is 1.89. The third kappa shape index (κ3) is 2.59. The minimum absolute atomic E-state index is 0.263. The predicted molar refractivity (Wildman–Crippen MR) is 94.8 cm³/mol. The molecule has 0 aliphatic heterocycles. The van der Waals surface area contributed by atoms with Crippen LogP contribution in [0.4, 0.5) is 5.69 Å². The minimum Gasteiger partial charge on any atom is -0.461 e. The lowest BCUT2D eigenvalue weighted by atomic mass is 9.95. The van der Waals surface area contributed by atoms with Crippen LogP contribution in [0.2, 0.25) is 0 Å². The second-order valence-corrected chi connectivity index (χ2v) is 7.98. The summed E-state index contributed by atoms with van der Waals surface area (Å²) in [5.74, 6) is 1.05. The van der Waals surface area contributed by atoms with Crippen LogP contribution in [0, 0.1) is 6.92 Å². The molecule has 0 unspecified atom stereocenters. The van der Waals surface area contributed by atoms with Crippen molar-refractivity contribution < 1.29 is 12.8 Å². The van der Waals surface area contributed by atoms with Gasteiger partial charge in [-0.05, 0) is 56.0 Å². The first kappa shape index (κ1) is 15.3. The summed E-state index contributed by atoms with van der Waals surface area (Å²) in [7, 11) is -3.59. The Hall–Kier alpha value is -2.27. The number of nitrogens with one attached hydrogen (secondary N) is 1. The smallest absolute Gasteiger partial charge is 0.261 e. The fraction of sp³-hybridized carbons (Fsp3) is 0.263. The molecule has 4 rings (SSSR count). The Balaban J connectivity index is 1.78. The van der Waals surface area contributed by atoms with Gasteiger partial charge in [-0.1, -0.05) is 18.2 Å². The molecule has 0 radical (unpaired) electrons. The van der Waals surface area contributed by atoms with Gasteiger partial charge in [0.1, 0.15) is 11.3 Å². The summed E-state index contributed by atoms with van der Waals surface area (Å²) >= 11 is 0. The van der Waals surface area contributed by atoms with Gasteiger partial charge in [-0.15, -0.1) is 0 Å². The number of hydrogen-bond donors (Lipinski definition) is 1. The van der Waals surface area contributed by atoms with Gasteiger partial charge >= 0.3 is 0 Å². The molecule has 1 aromatic heterocycles. The summed E-state index contributed by atoms with van der Waals surface area (Å²) in [6.07, 6.45) is 4.27. The van der Waals surface area contributed by atoms with Crippen LogP contribution in [0.5, 0.6) is 0 Å². The number of furan rings is 1. The van der Waals surface area contributed by atoms with E-state index in [0.717, 1.165) is 48.0 Å². The van der Waals surface area contributed by atoms with Crippen molar-refractivity contribution >= 4 is 26.7 Å². The molecule has 0 amide bonds. The number of aryl methyl sites for hydroxylation is 3. The lowest BCUT2D eigenvalue weighted by Crippen LogP contribution is -2.13. The third-order valence-electron chi connectivity index (χ3n) is 4.60. The zero-order chi connectivity index (χ0) is 16.7. The molecule has 1 aliphatic carbocycles. The summed E-state index contributed by atoms with van der Waals surface area (Å²) in [6, 6.07) is 12.3. The summed E-state index contributed by atoms with van der Waals surface area (Å²) < 4.78 is 33.9. The van der Waals surface area contributed by atoms with Crippen LogP contribution >= 0.6 is 0 Å². The maximum absolute atomic E-state index is 12.6. The van der Waals surface area contributed by atoms with Crippen molar-refractivity contribution in [2.75, 3.05) is 4.72 Å². The van der Waals surface area contributed by atoms with E-state index in [-0.39, 0.29) is 4.90 Å². The molecular weight excluding hydrogens is 322 g/mol. The molecule has 124 valence electrons. The molecule has 3 aromatic rings. The average molecular weight is 341 g/mol. The molecular formula is C19H19NO3S. The maximum atomic E-state index is 12.6. The van der Waals surface area contributed by atoms with Crippen LogP contribution in [-0.2, 0) is 22.9 Å². The Morgan fingerprint density at radius 3 is 2.58 bits per heavy atom. The van der Waals surface area contributed by atoms with Gasteiger partial charge in [-0.25, -0.2) is 8.42 Å². The van der Waals surface area contributed by atoms with Crippen molar-refractivity contribution in [1.29, 1.82) is 0 Å². The quantitative estimate of drug-likeness (QED) is 0.767. The minimum atomic E-state index is -3.59. The van der Waals surface area contributed by atoms with Gasteiger partial charge in [-0.2, -0.15) is 0 Å². The Morgan fingerprint density at radius 2 is 1.79 bits per heavy atom. The first-order valence-electron chi connectivity index (χ1n) is 8.17. The predicted octanol–water partition coefficient (Wildman–Crippen LogP) is 4.42. The highest BCUT2D eigenvalue weighted by Gasteiger charge is 2.20. The number of rotatable bonds is 3. The molecule has 2 aromatic carbocycles. The van der Waals surface area contributed by atoms with Crippen molar-refractivity contribution in [2.45, 2.75) is 37.5 Å². The van der Waals surface area contributed by atoms with Crippen molar-refractivity contribution in [3.63, 3.8) is 0 Å². The maximum Gasteiger partial charge on any atom is 0.261 e. The zero-order valence-corrected chi connectivity index (χ0v) is 14.3. The Labute approximate surface area is 141 Å². The molecule has 0 saturated carbocycles. The van der Waals surface area contributed by atoms with Crippen LogP contribution in [0.3, 0.4) is 0 Å². The molecule has 0 bridgehead atoms. The van der Waals surface area contributed by atoms with Crippen LogP contribution in [-0.4, -0.2) is 8.42 Å². The second kappa shape index (κ2) is 5.67. The topological polar surface area (TPSA) is 59.3 Å². The van der Waals surface area contributed by atoms with E-state index in [4.69, 9.17) is 4.42 Å². The van der Waals surface area contributed by atoms with Gasteiger partial charge in [0.25, 0.3) is 10.0 Å². The highest BCUT2D eigenvalue weighted by molar-refractivity contribution is 7.92. The molecule has 24 heavy (non-hydrogen) atoms. The first-order chi connectivity index (χ1) is 11.5. The molecule has 1 aliphatic rings. The molecule has 5 heteroatoms. The standard InChI is InChI=1S/C19H19NO3S/c1-13-11-19-16(15-9-5-6-10-18(15)23-19)12-17(13)20-24(21,22)14-7-3-2-4-8-14/h2-4,7-8,11-12,20H,5-6,9-10H2,1H3. The molecule has 0 saturated heterocycles. The SMILES string of the molecule is Cc1cc2oc3c(c2cc1NS(=O)(=O)c1ccccc1)CCCC3. The fourth-order valence-corrected chi connectivity index (χ4v) is 4.47. The lowest BCUT2D eigenvalue weighted by molar-refractivity contribution is 0.506. The van der Waals surface area contributed by atoms with E-state index in [9.17, 15) is 8.42 Å². The number of anilines is 1. The molecule has 0 atom stereocenters. The Morgan fingerprint density at radius 1 is 1.04 bits per heavy atom. The normalized spacial score (nSPS) is 14.5. The van der Waals surface area contributed by atoms with Crippen molar-refractivity contribution in [3.05, 3.63) is 59.4 Å². The average Bonchev–Trinajstić information content (AvgIpc) is 2.93. The van der Waals surface area contributed by atoms with Crippen molar-refractivity contribution in [1.82, 2.24) is 0 Å². The highest BCUT2D eigenvalue weighted by Crippen LogP contribution is 2.35. The van der Waals surface area contributed by atoms with E-state index in [1.165, 1.54) is 5.56 Å². The number of fused-ring (bicyclic) bond motifs is 3. The van der Waals surface area contributed by atoms with Crippen LogP contribution in [0.25, 0.3) is 11.0 Å². The largest absolute Gasteiger partial charge is 0.461 e. The van der Waals surface area contributed by atoms with E-state index in [2.05, 4.69) is 4.72 Å².